The normalized spacial score (nSPS) is 10.3. The molecule has 0 atom stereocenters. The fourth-order valence-electron chi connectivity index (χ4n) is 1.99. The van der Waals surface area contributed by atoms with Gasteiger partial charge in [0.15, 0.2) is 0 Å². The number of thiophene rings is 1. The molecular formula is C16H18O3S. The van der Waals surface area contributed by atoms with Gasteiger partial charge in [-0.2, -0.15) is 11.3 Å². The predicted octanol–water partition coefficient (Wildman–Crippen LogP) is 3.77. The third-order valence-corrected chi connectivity index (χ3v) is 3.89. The van der Waals surface area contributed by atoms with Gasteiger partial charge in [-0.15, -0.1) is 0 Å². The molecule has 0 fully saturated rings. The van der Waals surface area contributed by atoms with Crippen LogP contribution in [0.4, 0.5) is 0 Å². The van der Waals surface area contributed by atoms with Gasteiger partial charge in [0.1, 0.15) is 5.75 Å². The number of methoxy groups -OCH3 is 1. The summed E-state index contributed by atoms with van der Waals surface area (Å²) in [6, 6.07) is 5.82. The van der Waals surface area contributed by atoms with Gasteiger partial charge in [-0.25, -0.2) is 4.79 Å². The van der Waals surface area contributed by atoms with E-state index >= 15 is 0 Å². The summed E-state index contributed by atoms with van der Waals surface area (Å²) in [5.74, 6) is 0.515. The first-order valence-electron chi connectivity index (χ1n) is 6.45. The van der Waals surface area contributed by atoms with Crippen LogP contribution in [-0.4, -0.2) is 19.7 Å². The molecule has 0 aliphatic rings. The maximum absolute atomic E-state index is 11.6. The first-order valence-corrected chi connectivity index (χ1v) is 7.39. The minimum atomic E-state index is -0.310. The fourth-order valence-corrected chi connectivity index (χ4v) is 2.69. The standard InChI is InChI=1S/C16H18O3S/c1-11-9-15(12(2)8-14(11)16(17)18-3)19-6-4-13-5-7-20-10-13/h5,7-10H,4,6H2,1-3H3. The Morgan fingerprint density at radius 1 is 1.25 bits per heavy atom. The van der Waals surface area contributed by atoms with Crippen molar-refractivity contribution in [3.63, 3.8) is 0 Å². The Kier molecular flexibility index (Phi) is 4.79. The first-order chi connectivity index (χ1) is 9.61. The molecule has 2 rings (SSSR count). The summed E-state index contributed by atoms with van der Waals surface area (Å²) in [5.41, 5.74) is 3.69. The lowest BCUT2D eigenvalue weighted by molar-refractivity contribution is 0.0599. The van der Waals surface area contributed by atoms with Gasteiger partial charge in [-0.1, -0.05) is 0 Å². The van der Waals surface area contributed by atoms with E-state index in [0.717, 1.165) is 23.3 Å². The molecule has 0 amide bonds. The Balaban J connectivity index is 2.05. The highest BCUT2D eigenvalue weighted by Crippen LogP contribution is 2.23. The van der Waals surface area contributed by atoms with Gasteiger partial charge in [-0.05, 0) is 59.5 Å². The molecular weight excluding hydrogens is 272 g/mol. The molecule has 0 spiro atoms. The van der Waals surface area contributed by atoms with Gasteiger partial charge in [0, 0.05) is 6.42 Å². The molecule has 0 radical (unpaired) electrons. The molecule has 0 aliphatic carbocycles. The number of hydrogen-bond donors (Lipinski definition) is 0. The summed E-state index contributed by atoms with van der Waals surface area (Å²) in [4.78, 5) is 11.6. The second-order valence-corrected chi connectivity index (χ2v) is 5.43. The maximum Gasteiger partial charge on any atom is 0.338 e. The lowest BCUT2D eigenvalue weighted by Crippen LogP contribution is -2.07. The third kappa shape index (κ3) is 3.39. The average molecular weight is 290 g/mol. The molecule has 20 heavy (non-hydrogen) atoms. The zero-order valence-electron chi connectivity index (χ0n) is 11.9. The summed E-state index contributed by atoms with van der Waals surface area (Å²) < 4.78 is 10.6. The number of rotatable bonds is 5. The van der Waals surface area contributed by atoms with E-state index in [9.17, 15) is 4.79 Å². The number of benzene rings is 1. The van der Waals surface area contributed by atoms with Crippen LogP contribution in [0.5, 0.6) is 5.75 Å². The fraction of sp³-hybridized carbons (Fsp3) is 0.312. The van der Waals surface area contributed by atoms with E-state index in [4.69, 9.17) is 9.47 Å². The molecule has 1 heterocycles. The van der Waals surface area contributed by atoms with Gasteiger partial charge in [0.2, 0.25) is 0 Å². The molecule has 4 heteroatoms. The largest absolute Gasteiger partial charge is 0.493 e. The lowest BCUT2D eigenvalue weighted by Gasteiger charge is -2.12. The Morgan fingerprint density at radius 2 is 2.05 bits per heavy atom. The predicted molar refractivity (Wildman–Crippen MR) is 80.8 cm³/mol. The summed E-state index contributed by atoms with van der Waals surface area (Å²) in [5, 5.41) is 4.19. The van der Waals surface area contributed by atoms with E-state index in [-0.39, 0.29) is 5.97 Å². The van der Waals surface area contributed by atoms with Crippen molar-refractivity contribution in [3.05, 3.63) is 51.2 Å². The molecule has 0 bridgehead atoms. The number of ether oxygens (including phenoxy) is 2. The highest BCUT2D eigenvalue weighted by Gasteiger charge is 2.12. The molecule has 106 valence electrons. The zero-order chi connectivity index (χ0) is 14.5. The molecule has 3 nitrogen and oxygen atoms in total. The number of aryl methyl sites for hydroxylation is 2. The number of hydrogen-bond acceptors (Lipinski definition) is 4. The maximum atomic E-state index is 11.6. The van der Waals surface area contributed by atoms with Crippen molar-refractivity contribution in [3.8, 4) is 5.75 Å². The molecule has 0 unspecified atom stereocenters. The van der Waals surface area contributed by atoms with Crippen LogP contribution in [0.15, 0.2) is 29.0 Å². The molecule has 1 aromatic heterocycles. The smallest absolute Gasteiger partial charge is 0.338 e. The van der Waals surface area contributed by atoms with Crippen molar-refractivity contribution in [1.29, 1.82) is 0 Å². The Bertz CT molecular complexity index is 588. The summed E-state index contributed by atoms with van der Waals surface area (Å²) in [7, 11) is 1.39. The van der Waals surface area contributed by atoms with Gasteiger partial charge in [0.05, 0.1) is 19.3 Å². The van der Waals surface area contributed by atoms with E-state index in [0.29, 0.717) is 12.2 Å². The quantitative estimate of drug-likeness (QED) is 0.786. The van der Waals surface area contributed by atoms with E-state index < -0.39 is 0 Å². The number of carbonyl (C=O) groups is 1. The minimum Gasteiger partial charge on any atom is -0.493 e. The van der Waals surface area contributed by atoms with Crippen LogP contribution in [0.25, 0.3) is 0 Å². The molecule has 0 aliphatic heterocycles. The summed E-state index contributed by atoms with van der Waals surface area (Å²) in [6.07, 6.45) is 0.890. The van der Waals surface area contributed by atoms with Gasteiger partial charge < -0.3 is 9.47 Å². The molecule has 0 N–H and O–H groups in total. The van der Waals surface area contributed by atoms with Crippen molar-refractivity contribution in [2.75, 3.05) is 13.7 Å². The molecule has 2 aromatic rings. The van der Waals surface area contributed by atoms with Crippen LogP contribution in [0, 0.1) is 13.8 Å². The van der Waals surface area contributed by atoms with Crippen molar-refractivity contribution in [2.24, 2.45) is 0 Å². The van der Waals surface area contributed by atoms with Crippen molar-refractivity contribution >= 4 is 17.3 Å². The van der Waals surface area contributed by atoms with E-state index in [1.165, 1.54) is 12.7 Å². The molecule has 0 saturated carbocycles. The SMILES string of the molecule is COC(=O)c1cc(C)c(OCCc2ccsc2)cc1C. The van der Waals surface area contributed by atoms with Gasteiger partial charge in [0.25, 0.3) is 0 Å². The monoisotopic (exact) mass is 290 g/mol. The van der Waals surface area contributed by atoms with Crippen LogP contribution in [0.2, 0.25) is 0 Å². The van der Waals surface area contributed by atoms with E-state index in [1.807, 2.05) is 26.0 Å². The Labute approximate surface area is 123 Å². The van der Waals surface area contributed by atoms with Crippen molar-refractivity contribution in [1.82, 2.24) is 0 Å². The van der Waals surface area contributed by atoms with Crippen LogP contribution < -0.4 is 4.74 Å². The molecule has 0 saturated heterocycles. The third-order valence-electron chi connectivity index (χ3n) is 3.16. The molecule has 1 aromatic carbocycles. The highest BCUT2D eigenvalue weighted by atomic mass is 32.1. The van der Waals surface area contributed by atoms with Gasteiger partial charge >= 0.3 is 5.97 Å². The van der Waals surface area contributed by atoms with Gasteiger partial charge in [-0.3, -0.25) is 0 Å². The average Bonchev–Trinajstić information content (AvgIpc) is 2.94. The van der Waals surface area contributed by atoms with Crippen LogP contribution >= 0.6 is 11.3 Å². The van der Waals surface area contributed by atoms with E-state index in [1.54, 1.807) is 11.3 Å². The summed E-state index contributed by atoms with van der Waals surface area (Å²) in [6.45, 7) is 4.46. The summed E-state index contributed by atoms with van der Waals surface area (Å²) >= 11 is 1.69. The van der Waals surface area contributed by atoms with Crippen molar-refractivity contribution in [2.45, 2.75) is 20.3 Å². The Morgan fingerprint density at radius 3 is 2.70 bits per heavy atom. The lowest BCUT2D eigenvalue weighted by atomic mass is 10.0. The topological polar surface area (TPSA) is 35.5 Å². The second kappa shape index (κ2) is 6.57. The van der Waals surface area contributed by atoms with Crippen molar-refractivity contribution < 1.29 is 14.3 Å². The highest BCUT2D eigenvalue weighted by molar-refractivity contribution is 7.07. The zero-order valence-corrected chi connectivity index (χ0v) is 12.8. The Hall–Kier alpha value is -1.81. The minimum absolute atomic E-state index is 0.310. The second-order valence-electron chi connectivity index (χ2n) is 4.65. The number of esters is 1. The van der Waals surface area contributed by atoms with E-state index in [2.05, 4.69) is 16.8 Å². The number of carbonyl (C=O) groups excluding carboxylic acids is 1. The first kappa shape index (κ1) is 14.6. The van der Waals surface area contributed by atoms with Crippen LogP contribution in [-0.2, 0) is 11.2 Å². The van der Waals surface area contributed by atoms with Crippen LogP contribution in [0.3, 0.4) is 0 Å². The van der Waals surface area contributed by atoms with Crippen LogP contribution in [0.1, 0.15) is 27.0 Å².